The Morgan fingerprint density at radius 1 is 1.08 bits per heavy atom. The molecule has 4 unspecified atom stereocenters. The lowest BCUT2D eigenvalue weighted by molar-refractivity contribution is -0.158. The predicted molar refractivity (Wildman–Crippen MR) is 107 cm³/mol. The normalized spacial score (nSPS) is 45.0. The predicted octanol–water partition coefficient (Wildman–Crippen LogP) is 5.68. The maximum Gasteiger partial charge on any atom is 0.0227 e. The zero-order valence-electron chi connectivity index (χ0n) is 17.4. The van der Waals surface area contributed by atoms with E-state index in [0.29, 0.717) is 23.9 Å². The van der Waals surface area contributed by atoms with E-state index < -0.39 is 0 Å². The van der Waals surface area contributed by atoms with Gasteiger partial charge in [-0.25, -0.2) is 0 Å². The molecule has 1 aliphatic heterocycles. The zero-order valence-corrected chi connectivity index (χ0v) is 17.4. The molecule has 1 saturated heterocycles. The summed E-state index contributed by atoms with van der Waals surface area (Å²) in [5, 5.41) is 0. The third-order valence-electron chi connectivity index (χ3n) is 8.80. The van der Waals surface area contributed by atoms with Gasteiger partial charge < -0.3 is 0 Å². The first-order valence-electron chi connectivity index (χ1n) is 10.1. The molecule has 0 aromatic heterocycles. The number of nitrogens with zero attached hydrogens (tertiary/aromatic N) is 1. The van der Waals surface area contributed by atoms with Gasteiger partial charge in [-0.2, -0.15) is 0 Å². The van der Waals surface area contributed by atoms with Crippen LogP contribution in [0.15, 0.2) is 30.4 Å². The minimum atomic E-state index is 0.161. The summed E-state index contributed by atoms with van der Waals surface area (Å²) in [7, 11) is 2.38. The molecule has 1 aromatic rings. The number of likely N-dealkylation sites (N-methyl/N-ethyl adjacent to an activating group) is 1. The van der Waals surface area contributed by atoms with Crippen LogP contribution in [0.2, 0.25) is 0 Å². The second-order valence-corrected chi connectivity index (χ2v) is 10.0. The van der Waals surface area contributed by atoms with Crippen LogP contribution in [0.1, 0.15) is 70.6 Å². The molecule has 0 spiro atoms. The fourth-order valence-electron chi connectivity index (χ4n) is 8.02. The quantitative estimate of drug-likeness (QED) is 0.550. The van der Waals surface area contributed by atoms with Crippen molar-refractivity contribution in [1.29, 1.82) is 0 Å². The lowest BCUT2D eigenvalue weighted by Gasteiger charge is -2.74. The van der Waals surface area contributed by atoms with E-state index in [1.165, 1.54) is 12.0 Å². The second-order valence-electron chi connectivity index (χ2n) is 10.0. The summed E-state index contributed by atoms with van der Waals surface area (Å²) in [5.41, 5.74) is 5.41. The molecule has 0 radical (unpaired) electrons. The molecule has 6 atom stereocenters. The van der Waals surface area contributed by atoms with Crippen molar-refractivity contribution in [2.45, 2.75) is 78.3 Å². The number of aryl methyl sites for hydroxylation is 1. The maximum atomic E-state index is 2.72. The van der Waals surface area contributed by atoms with E-state index in [9.17, 15) is 0 Å². The minimum Gasteiger partial charge on any atom is -0.299 e. The Bertz CT molecular complexity index is 744. The molecule has 0 N–H and O–H groups in total. The first kappa shape index (κ1) is 17.3. The van der Waals surface area contributed by atoms with E-state index in [1.54, 1.807) is 11.1 Å². The summed E-state index contributed by atoms with van der Waals surface area (Å²) in [6, 6.07) is 8.24. The average molecular weight is 338 g/mol. The Morgan fingerprint density at radius 2 is 1.76 bits per heavy atom. The lowest BCUT2D eigenvalue weighted by Crippen LogP contribution is -2.76. The Kier molecular flexibility index (Phi) is 3.47. The van der Waals surface area contributed by atoms with Gasteiger partial charge in [0.05, 0.1) is 0 Å². The van der Waals surface area contributed by atoms with Crippen molar-refractivity contribution >= 4 is 0 Å². The number of fused-ring (bicyclic) bond motifs is 1. The lowest BCUT2D eigenvalue weighted by atomic mass is 9.34. The van der Waals surface area contributed by atoms with Crippen LogP contribution in [0.3, 0.4) is 0 Å². The maximum absolute atomic E-state index is 2.72. The van der Waals surface area contributed by atoms with E-state index in [0.717, 1.165) is 0 Å². The van der Waals surface area contributed by atoms with Crippen LogP contribution in [0, 0.1) is 23.7 Å². The fourth-order valence-corrected chi connectivity index (χ4v) is 8.02. The molecule has 1 heteroatoms. The van der Waals surface area contributed by atoms with Gasteiger partial charge in [-0.3, -0.25) is 4.90 Å². The van der Waals surface area contributed by atoms with Crippen LogP contribution >= 0.6 is 0 Å². The van der Waals surface area contributed by atoms with Crippen molar-refractivity contribution in [3.8, 4) is 0 Å². The van der Waals surface area contributed by atoms with Gasteiger partial charge in [0.15, 0.2) is 0 Å². The van der Waals surface area contributed by atoms with Crippen molar-refractivity contribution in [3.63, 3.8) is 0 Å². The average Bonchev–Trinajstić information content (AvgIpc) is 2.52. The second kappa shape index (κ2) is 5.00. The summed E-state index contributed by atoms with van der Waals surface area (Å²) in [6.45, 7) is 17.4. The highest BCUT2D eigenvalue weighted by molar-refractivity contribution is 5.54. The molecule has 0 saturated carbocycles. The highest BCUT2D eigenvalue weighted by Crippen LogP contribution is 2.72. The van der Waals surface area contributed by atoms with Crippen LogP contribution in [-0.4, -0.2) is 24.0 Å². The monoisotopic (exact) mass is 337 g/mol. The summed E-state index contributed by atoms with van der Waals surface area (Å²) < 4.78 is 0. The molecule has 4 rings (SSSR count). The molecule has 136 valence electrons. The molecule has 1 heterocycles. The standard InChI is InChI=1S/C24H35N/c1-15-11-9-12-19-16(2)21-23(7)14-10-13-22(5,6)24(23,20(15)19)17(3)18(4)25(21)8/h9-13,16-18,21H,14H2,1-8H3/t16?,17?,18?,21-,23?,24-/m0/s1. The molecule has 1 fully saturated rings. The van der Waals surface area contributed by atoms with Crippen LogP contribution in [0.4, 0.5) is 0 Å². The topological polar surface area (TPSA) is 3.24 Å². The number of piperidine rings is 1. The van der Waals surface area contributed by atoms with E-state index >= 15 is 0 Å². The Labute approximate surface area is 154 Å². The van der Waals surface area contributed by atoms with Crippen LogP contribution in [0.5, 0.6) is 0 Å². The van der Waals surface area contributed by atoms with Crippen LogP contribution in [-0.2, 0) is 5.41 Å². The first-order valence-corrected chi connectivity index (χ1v) is 10.1. The number of hydrogen-bond acceptors (Lipinski definition) is 1. The number of likely N-dealkylation sites (tertiary alicyclic amines) is 1. The Hall–Kier alpha value is -1.08. The summed E-state index contributed by atoms with van der Waals surface area (Å²) in [5.74, 6) is 1.20. The van der Waals surface area contributed by atoms with E-state index in [-0.39, 0.29) is 16.2 Å². The fraction of sp³-hybridized carbons (Fsp3) is 0.667. The third kappa shape index (κ3) is 1.70. The first-order chi connectivity index (χ1) is 11.6. The van der Waals surface area contributed by atoms with E-state index in [1.807, 2.05) is 0 Å². The van der Waals surface area contributed by atoms with Gasteiger partial charge in [0.25, 0.3) is 0 Å². The van der Waals surface area contributed by atoms with Gasteiger partial charge in [0.2, 0.25) is 0 Å². The molecular weight excluding hydrogens is 302 g/mol. The SMILES string of the molecule is Cc1cccc2c1[C@]13C(C)C(C)N(C)[C@@H](C2C)C1(C)CC=CC3(C)C. The molecule has 2 aliphatic carbocycles. The number of benzene rings is 1. The van der Waals surface area contributed by atoms with Gasteiger partial charge in [-0.15, -0.1) is 0 Å². The van der Waals surface area contributed by atoms with Crippen molar-refractivity contribution in [1.82, 2.24) is 4.90 Å². The number of rotatable bonds is 0. The van der Waals surface area contributed by atoms with Crippen LogP contribution in [0.25, 0.3) is 0 Å². The number of hydrogen-bond donors (Lipinski definition) is 0. The Balaban J connectivity index is 2.20. The van der Waals surface area contributed by atoms with Crippen molar-refractivity contribution in [2.75, 3.05) is 7.05 Å². The molecule has 0 amide bonds. The molecule has 25 heavy (non-hydrogen) atoms. The van der Waals surface area contributed by atoms with E-state index in [2.05, 4.69) is 90.8 Å². The summed E-state index contributed by atoms with van der Waals surface area (Å²) >= 11 is 0. The molecule has 1 aromatic carbocycles. The largest absolute Gasteiger partial charge is 0.299 e. The Morgan fingerprint density at radius 3 is 2.44 bits per heavy atom. The molecule has 2 bridgehead atoms. The van der Waals surface area contributed by atoms with Gasteiger partial charge >= 0.3 is 0 Å². The third-order valence-corrected chi connectivity index (χ3v) is 8.80. The van der Waals surface area contributed by atoms with Gasteiger partial charge in [-0.05, 0) is 66.7 Å². The summed E-state index contributed by atoms with van der Waals surface area (Å²) in [4.78, 5) is 2.72. The van der Waals surface area contributed by atoms with Gasteiger partial charge in [-0.1, -0.05) is 65.0 Å². The number of allylic oxidation sites excluding steroid dienone is 2. The van der Waals surface area contributed by atoms with Gasteiger partial charge in [0.1, 0.15) is 0 Å². The molecular formula is C24H35N. The van der Waals surface area contributed by atoms with Crippen molar-refractivity contribution in [2.24, 2.45) is 16.7 Å². The van der Waals surface area contributed by atoms with Crippen molar-refractivity contribution < 1.29 is 0 Å². The zero-order chi connectivity index (χ0) is 18.4. The smallest absolute Gasteiger partial charge is 0.0227 e. The van der Waals surface area contributed by atoms with Crippen molar-refractivity contribution in [3.05, 3.63) is 47.0 Å². The summed E-state index contributed by atoms with van der Waals surface area (Å²) in [6.07, 6.45) is 6.21. The minimum absolute atomic E-state index is 0.161. The van der Waals surface area contributed by atoms with E-state index in [4.69, 9.17) is 0 Å². The van der Waals surface area contributed by atoms with Crippen LogP contribution < -0.4 is 0 Å². The molecule has 3 aliphatic rings. The van der Waals surface area contributed by atoms with Gasteiger partial charge in [0, 0.05) is 17.5 Å². The molecule has 1 nitrogen and oxygen atoms in total. The highest BCUT2D eigenvalue weighted by atomic mass is 15.2. The highest BCUT2D eigenvalue weighted by Gasteiger charge is 2.71.